The van der Waals surface area contributed by atoms with Gasteiger partial charge in [0.15, 0.2) is 0 Å². The van der Waals surface area contributed by atoms with Crippen LogP contribution in [0.4, 0.5) is 0 Å². The van der Waals surface area contributed by atoms with E-state index in [2.05, 4.69) is 15.2 Å². The summed E-state index contributed by atoms with van der Waals surface area (Å²) in [5.74, 6) is 0.300. The molecule has 0 saturated carbocycles. The monoisotopic (exact) mass is 335 g/mol. The van der Waals surface area contributed by atoms with Crippen molar-refractivity contribution in [1.29, 1.82) is 0 Å². The van der Waals surface area contributed by atoms with Gasteiger partial charge in [-0.15, -0.1) is 0 Å². The van der Waals surface area contributed by atoms with E-state index >= 15 is 0 Å². The standard InChI is InChI=1S/C15H21N5O2S/c1-19(2)23(21,22)20-9-7-12(11-20)10-13-4-3-5-14(17-13)15-6-8-16-18-15/h3-6,8,12H,7,9-11H2,1-2H3,(H,16,18)/t12-/m1/s1. The third-order valence-corrected chi connectivity index (χ3v) is 6.02. The minimum Gasteiger partial charge on any atom is -0.276 e. The van der Waals surface area contributed by atoms with Crippen LogP contribution >= 0.6 is 0 Å². The zero-order chi connectivity index (χ0) is 16.4. The molecule has 8 heteroatoms. The summed E-state index contributed by atoms with van der Waals surface area (Å²) >= 11 is 0. The van der Waals surface area contributed by atoms with Gasteiger partial charge >= 0.3 is 0 Å². The molecule has 0 spiro atoms. The Morgan fingerprint density at radius 1 is 1.35 bits per heavy atom. The van der Waals surface area contributed by atoms with Crippen LogP contribution in [0.3, 0.4) is 0 Å². The van der Waals surface area contributed by atoms with E-state index in [1.54, 1.807) is 24.6 Å². The average Bonchev–Trinajstić information content (AvgIpc) is 3.19. The van der Waals surface area contributed by atoms with E-state index in [4.69, 9.17) is 0 Å². The lowest BCUT2D eigenvalue weighted by Gasteiger charge is -2.20. The van der Waals surface area contributed by atoms with Crippen molar-refractivity contribution in [2.24, 2.45) is 5.92 Å². The normalized spacial score (nSPS) is 19.5. The highest BCUT2D eigenvalue weighted by Crippen LogP contribution is 2.24. The minimum absolute atomic E-state index is 0.300. The lowest BCUT2D eigenvalue weighted by atomic mass is 10.0. The van der Waals surface area contributed by atoms with E-state index in [0.717, 1.165) is 29.9 Å². The topological polar surface area (TPSA) is 82.2 Å². The second-order valence-electron chi connectivity index (χ2n) is 5.99. The van der Waals surface area contributed by atoms with Crippen LogP contribution in [0, 0.1) is 5.92 Å². The van der Waals surface area contributed by atoms with Gasteiger partial charge in [-0.1, -0.05) is 6.07 Å². The number of nitrogens with one attached hydrogen (secondary N) is 1. The minimum atomic E-state index is -3.31. The Bertz CT molecular complexity index is 758. The lowest BCUT2D eigenvalue weighted by Crippen LogP contribution is -2.38. The Kier molecular flexibility index (Phi) is 4.47. The Balaban J connectivity index is 1.68. The van der Waals surface area contributed by atoms with E-state index < -0.39 is 10.2 Å². The van der Waals surface area contributed by atoms with Crippen molar-refractivity contribution < 1.29 is 8.42 Å². The van der Waals surface area contributed by atoms with Crippen molar-refractivity contribution in [1.82, 2.24) is 23.8 Å². The summed E-state index contributed by atoms with van der Waals surface area (Å²) < 4.78 is 27.2. The van der Waals surface area contributed by atoms with Gasteiger partial charge in [-0.05, 0) is 37.0 Å². The van der Waals surface area contributed by atoms with E-state index in [0.29, 0.717) is 19.0 Å². The van der Waals surface area contributed by atoms with Crippen molar-refractivity contribution in [2.45, 2.75) is 12.8 Å². The summed E-state index contributed by atoms with van der Waals surface area (Å²) in [6.45, 7) is 1.13. The first-order chi connectivity index (χ1) is 11.0. The maximum absolute atomic E-state index is 12.2. The van der Waals surface area contributed by atoms with Gasteiger partial charge in [-0.2, -0.15) is 22.1 Å². The molecule has 0 amide bonds. The van der Waals surface area contributed by atoms with Gasteiger partial charge in [-0.3, -0.25) is 10.1 Å². The molecule has 1 aliphatic heterocycles. The molecule has 0 bridgehead atoms. The van der Waals surface area contributed by atoms with Crippen LogP contribution in [0.5, 0.6) is 0 Å². The van der Waals surface area contributed by atoms with Crippen LogP contribution in [-0.4, -0.2) is 59.4 Å². The van der Waals surface area contributed by atoms with Crippen LogP contribution in [0.25, 0.3) is 11.4 Å². The zero-order valence-corrected chi connectivity index (χ0v) is 14.1. The van der Waals surface area contributed by atoms with Crippen LogP contribution in [-0.2, 0) is 16.6 Å². The number of pyridine rings is 1. The van der Waals surface area contributed by atoms with Crippen LogP contribution in [0.1, 0.15) is 12.1 Å². The smallest absolute Gasteiger partial charge is 0.276 e. The molecule has 0 radical (unpaired) electrons. The molecule has 2 aromatic heterocycles. The molecule has 1 N–H and O–H groups in total. The third kappa shape index (κ3) is 3.44. The summed E-state index contributed by atoms with van der Waals surface area (Å²) in [6, 6.07) is 7.78. The summed E-state index contributed by atoms with van der Waals surface area (Å²) in [4.78, 5) is 4.65. The van der Waals surface area contributed by atoms with Crippen molar-refractivity contribution in [2.75, 3.05) is 27.2 Å². The Hall–Kier alpha value is -1.77. The van der Waals surface area contributed by atoms with Crippen LogP contribution in [0.2, 0.25) is 0 Å². The zero-order valence-electron chi connectivity index (χ0n) is 13.3. The summed E-state index contributed by atoms with van der Waals surface area (Å²) in [6.07, 6.45) is 3.34. The van der Waals surface area contributed by atoms with E-state index in [1.165, 1.54) is 4.31 Å². The highest BCUT2D eigenvalue weighted by molar-refractivity contribution is 7.86. The molecule has 1 fully saturated rings. The summed E-state index contributed by atoms with van der Waals surface area (Å²) in [5.41, 5.74) is 2.72. The fraction of sp³-hybridized carbons (Fsp3) is 0.467. The molecule has 23 heavy (non-hydrogen) atoms. The molecule has 3 rings (SSSR count). The SMILES string of the molecule is CN(C)S(=O)(=O)N1CC[C@H](Cc2cccc(-c3ccn[nH]3)n2)C1. The average molecular weight is 335 g/mol. The molecule has 124 valence electrons. The van der Waals surface area contributed by atoms with E-state index in [-0.39, 0.29) is 0 Å². The Morgan fingerprint density at radius 3 is 2.87 bits per heavy atom. The van der Waals surface area contributed by atoms with Crippen LogP contribution in [0.15, 0.2) is 30.5 Å². The number of rotatable bonds is 5. The second-order valence-corrected chi connectivity index (χ2v) is 8.13. The van der Waals surface area contributed by atoms with Crippen molar-refractivity contribution >= 4 is 10.2 Å². The number of aromatic nitrogens is 3. The van der Waals surface area contributed by atoms with E-state index in [9.17, 15) is 8.42 Å². The highest BCUT2D eigenvalue weighted by atomic mass is 32.2. The van der Waals surface area contributed by atoms with Gasteiger partial charge in [0.25, 0.3) is 10.2 Å². The second kappa shape index (κ2) is 6.38. The largest absolute Gasteiger partial charge is 0.281 e. The quantitative estimate of drug-likeness (QED) is 0.888. The Morgan fingerprint density at radius 2 is 2.17 bits per heavy atom. The fourth-order valence-corrected chi connectivity index (χ4v) is 4.04. The maximum atomic E-state index is 12.2. The van der Waals surface area contributed by atoms with Crippen molar-refractivity contribution in [3.63, 3.8) is 0 Å². The molecule has 1 aliphatic rings. The fourth-order valence-electron chi connectivity index (χ4n) is 2.84. The highest BCUT2D eigenvalue weighted by Gasteiger charge is 2.32. The predicted molar refractivity (Wildman–Crippen MR) is 87.8 cm³/mol. The van der Waals surface area contributed by atoms with Crippen LogP contribution < -0.4 is 0 Å². The third-order valence-electron chi connectivity index (χ3n) is 4.12. The number of H-pyrrole nitrogens is 1. The number of hydrogen-bond donors (Lipinski definition) is 1. The van der Waals surface area contributed by atoms with Gasteiger partial charge in [0.05, 0.1) is 11.4 Å². The summed E-state index contributed by atoms with van der Waals surface area (Å²) in [5, 5.41) is 6.85. The molecule has 1 atom stereocenters. The van der Waals surface area contributed by atoms with Gasteiger partial charge < -0.3 is 0 Å². The molecule has 7 nitrogen and oxygen atoms in total. The first-order valence-electron chi connectivity index (χ1n) is 7.60. The first-order valence-corrected chi connectivity index (χ1v) is 9.00. The number of aromatic amines is 1. The van der Waals surface area contributed by atoms with Crippen molar-refractivity contribution in [3.8, 4) is 11.4 Å². The molecular formula is C15H21N5O2S. The number of hydrogen-bond acceptors (Lipinski definition) is 4. The molecule has 1 saturated heterocycles. The maximum Gasteiger partial charge on any atom is 0.281 e. The van der Waals surface area contributed by atoms with Gasteiger partial charge in [0.2, 0.25) is 0 Å². The molecule has 0 unspecified atom stereocenters. The van der Waals surface area contributed by atoms with Gasteiger partial charge in [-0.25, -0.2) is 0 Å². The van der Waals surface area contributed by atoms with Crippen molar-refractivity contribution in [3.05, 3.63) is 36.2 Å². The molecule has 0 aliphatic carbocycles. The summed E-state index contributed by atoms with van der Waals surface area (Å²) in [7, 11) is -0.177. The predicted octanol–water partition coefficient (Wildman–Crippen LogP) is 1.14. The first kappa shape index (κ1) is 16.1. The lowest BCUT2D eigenvalue weighted by molar-refractivity contribution is 0.409. The number of nitrogens with zero attached hydrogens (tertiary/aromatic N) is 4. The Labute approximate surface area is 136 Å². The molecule has 3 heterocycles. The van der Waals surface area contributed by atoms with Gasteiger partial charge in [0.1, 0.15) is 0 Å². The molecule has 2 aromatic rings. The van der Waals surface area contributed by atoms with E-state index in [1.807, 2.05) is 24.3 Å². The van der Waals surface area contributed by atoms with Gasteiger partial charge in [0, 0.05) is 39.1 Å². The molecular weight excluding hydrogens is 314 g/mol. The molecule has 0 aromatic carbocycles.